The molecule has 0 bridgehead atoms. The van der Waals surface area contributed by atoms with Crippen LogP contribution in [0.5, 0.6) is 0 Å². The first-order chi connectivity index (χ1) is 7.33. The van der Waals surface area contributed by atoms with E-state index in [4.69, 9.17) is 4.74 Å². The second-order valence-electron chi connectivity index (χ2n) is 3.49. The van der Waals surface area contributed by atoms with Crippen molar-refractivity contribution in [3.05, 3.63) is 24.3 Å². The highest BCUT2D eigenvalue weighted by Crippen LogP contribution is 2.17. The summed E-state index contributed by atoms with van der Waals surface area (Å²) in [7, 11) is 1.83. The average molecular weight is 207 g/mol. The smallest absolute Gasteiger partial charge is 0.189 e. The minimum absolute atomic E-state index is 0.0000463. The Hall–Kier alpha value is -1.33. The molecule has 2 atom stereocenters. The number of likely N-dealkylation sites (N-methyl/N-ethyl adjacent to an activating group) is 1. The Morgan fingerprint density at radius 3 is 3.07 bits per heavy atom. The monoisotopic (exact) mass is 207 g/mol. The van der Waals surface area contributed by atoms with Gasteiger partial charge in [-0.25, -0.2) is 4.98 Å². The molecule has 1 fully saturated rings. The molecule has 0 saturated carbocycles. The third-order valence-corrected chi connectivity index (χ3v) is 2.60. The molecule has 1 aliphatic heterocycles. The molecule has 0 aliphatic carbocycles. The normalized spacial score (nSPS) is 25.4. The number of nitrogens with one attached hydrogen (secondary N) is 1. The molecule has 0 spiro atoms. The van der Waals surface area contributed by atoms with Gasteiger partial charge in [-0.1, -0.05) is 0 Å². The molecular weight excluding hydrogens is 194 g/mol. The van der Waals surface area contributed by atoms with Crippen molar-refractivity contribution in [2.24, 2.45) is 5.92 Å². The summed E-state index contributed by atoms with van der Waals surface area (Å²) in [6.07, 6.45) is 4.57. The summed E-state index contributed by atoms with van der Waals surface area (Å²) < 4.78 is 5.27. The Morgan fingerprint density at radius 1 is 1.53 bits per heavy atom. The number of aromatic nitrogens is 2. The number of Topliss-reactive ketones (excluding diaryl/α,β-unsaturated/α-hetero) is 1. The highest BCUT2D eigenvalue weighted by molar-refractivity contribution is 5.96. The van der Waals surface area contributed by atoms with E-state index < -0.39 is 0 Å². The van der Waals surface area contributed by atoms with E-state index in [-0.39, 0.29) is 17.7 Å². The van der Waals surface area contributed by atoms with E-state index in [1.54, 1.807) is 6.20 Å². The van der Waals surface area contributed by atoms with E-state index in [2.05, 4.69) is 15.3 Å². The average Bonchev–Trinajstić information content (AvgIpc) is 2.77. The predicted molar refractivity (Wildman–Crippen MR) is 53.5 cm³/mol. The van der Waals surface area contributed by atoms with Crippen LogP contribution in [0.25, 0.3) is 0 Å². The fourth-order valence-electron chi connectivity index (χ4n) is 1.71. The number of carbonyl (C=O) groups excluding carboxylic acids is 1. The Bertz CT molecular complexity index is 342. The number of ketones is 1. The van der Waals surface area contributed by atoms with E-state index in [9.17, 15) is 4.79 Å². The van der Waals surface area contributed by atoms with Crippen LogP contribution in [0, 0.1) is 5.92 Å². The molecule has 1 aromatic rings. The summed E-state index contributed by atoms with van der Waals surface area (Å²) in [5, 5.41) is 3.07. The molecule has 2 unspecified atom stereocenters. The molecule has 1 N–H and O–H groups in total. The lowest BCUT2D eigenvalue weighted by molar-refractivity contribution is 0.0887. The molecule has 0 aromatic carbocycles. The molecule has 1 saturated heterocycles. The fraction of sp³-hybridized carbons (Fsp3) is 0.500. The molecule has 15 heavy (non-hydrogen) atoms. The summed E-state index contributed by atoms with van der Waals surface area (Å²) in [5.74, 6) is -0.147. The van der Waals surface area contributed by atoms with Gasteiger partial charge < -0.3 is 10.1 Å². The Morgan fingerprint density at radius 2 is 2.40 bits per heavy atom. The third-order valence-electron chi connectivity index (χ3n) is 2.60. The molecule has 2 heterocycles. The van der Waals surface area contributed by atoms with Crippen LogP contribution in [0.1, 0.15) is 10.5 Å². The second-order valence-corrected chi connectivity index (χ2v) is 3.49. The van der Waals surface area contributed by atoms with Gasteiger partial charge in [-0.05, 0) is 7.05 Å². The zero-order chi connectivity index (χ0) is 10.7. The number of hydrogen-bond donors (Lipinski definition) is 1. The van der Waals surface area contributed by atoms with Crippen molar-refractivity contribution in [3.63, 3.8) is 0 Å². The predicted octanol–water partition coefficient (Wildman–Crippen LogP) is -0.106. The van der Waals surface area contributed by atoms with Gasteiger partial charge in [0.1, 0.15) is 5.69 Å². The van der Waals surface area contributed by atoms with E-state index >= 15 is 0 Å². The van der Waals surface area contributed by atoms with Crippen LogP contribution in [0.4, 0.5) is 0 Å². The van der Waals surface area contributed by atoms with Gasteiger partial charge >= 0.3 is 0 Å². The van der Waals surface area contributed by atoms with Crippen LogP contribution in [0.3, 0.4) is 0 Å². The molecule has 0 radical (unpaired) electrons. The lowest BCUT2D eigenvalue weighted by Crippen LogP contribution is -2.37. The summed E-state index contributed by atoms with van der Waals surface area (Å²) in [5.41, 5.74) is 0.410. The SMILES string of the molecule is CNC1COCC1C(=O)c1cnccn1. The van der Waals surface area contributed by atoms with Crippen molar-refractivity contribution in [2.45, 2.75) is 6.04 Å². The number of carbonyl (C=O) groups is 1. The highest BCUT2D eigenvalue weighted by Gasteiger charge is 2.34. The summed E-state index contributed by atoms with van der Waals surface area (Å²) in [6.45, 7) is 1.04. The molecule has 1 aliphatic rings. The van der Waals surface area contributed by atoms with Crippen LogP contribution in [0.15, 0.2) is 18.6 Å². The number of nitrogens with zero attached hydrogens (tertiary/aromatic N) is 2. The standard InChI is InChI=1S/C10H13N3O2/c1-11-9-6-15-5-7(9)10(14)8-4-12-2-3-13-8/h2-4,7,9,11H,5-6H2,1H3. The van der Waals surface area contributed by atoms with Crippen molar-refractivity contribution < 1.29 is 9.53 Å². The molecule has 0 amide bonds. The maximum atomic E-state index is 12.0. The van der Waals surface area contributed by atoms with E-state index in [1.165, 1.54) is 12.4 Å². The minimum atomic E-state index is -0.147. The van der Waals surface area contributed by atoms with Crippen molar-refractivity contribution in [1.29, 1.82) is 0 Å². The maximum absolute atomic E-state index is 12.0. The topological polar surface area (TPSA) is 64.1 Å². The lowest BCUT2D eigenvalue weighted by atomic mass is 9.97. The number of ether oxygens (including phenoxy) is 1. The van der Waals surface area contributed by atoms with Crippen molar-refractivity contribution in [3.8, 4) is 0 Å². The van der Waals surface area contributed by atoms with E-state index in [0.717, 1.165) is 0 Å². The maximum Gasteiger partial charge on any atom is 0.189 e. The van der Waals surface area contributed by atoms with Gasteiger partial charge in [-0.15, -0.1) is 0 Å². The fourth-order valence-corrected chi connectivity index (χ4v) is 1.71. The first-order valence-corrected chi connectivity index (χ1v) is 4.88. The number of hydrogen-bond acceptors (Lipinski definition) is 5. The van der Waals surface area contributed by atoms with Crippen LogP contribution in [-0.2, 0) is 4.74 Å². The summed E-state index contributed by atoms with van der Waals surface area (Å²) >= 11 is 0. The van der Waals surface area contributed by atoms with E-state index in [0.29, 0.717) is 18.9 Å². The first-order valence-electron chi connectivity index (χ1n) is 4.88. The molecule has 2 rings (SSSR count). The van der Waals surface area contributed by atoms with Gasteiger partial charge in [0.05, 0.1) is 25.3 Å². The van der Waals surface area contributed by atoms with Crippen molar-refractivity contribution >= 4 is 5.78 Å². The van der Waals surface area contributed by atoms with Crippen LogP contribution < -0.4 is 5.32 Å². The van der Waals surface area contributed by atoms with Crippen molar-refractivity contribution in [1.82, 2.24) is 15.3 Å². The summed E-state index contributed by atoms with van der Waals surface area (Å²) in [4.78, 5) is 19.9. The Balaban J connectivity index is 2.14. The van der Waals surface area contributed by atoms with Gasteiger partial charge in [0.2, 0.25) is 0 Å². The van der Waals surface area contributed by atoms with Crippen molar-refractivity contribution in [2.75, 3.05) is 20.3 Å². The zero-order valence-corrected chi connectivity index (χ0v) is 8.51. The summed E-state index contributed by atoms with van der Waals surface area (Å²) in [6, 6.07) is 0.0829. The van der Waals surface area contributed by atoms with Gasteiger partial charge in [-0.3, -0.25) is 9.78 Å². The minimum Gasteiger partial charge on any atom is -0.379 e. The quantitative estimate of drug-likeness (QED) is 0.701. The van der Waals surface area contributed by atoms with E-state index in [1.807, 2.05) is 7.05 Å². The second kappa shape index (κ2) is 4.46. The Kier molecular flexibility index (Phi) is 3.03. The molecule has 1 aromatic heterocycles. The third kappa shape index (κ3) is 2.03. The van der Waals surface area contributed by atoms with Gasteiger partial charge in [0.15, 0.2) is 5.78 Å². The van der Waals surface area contributed by atoms with Gasteiger partial charge in [0.25, 0.3) is 0 Å². The van der Waals surface area contributed by atoms with Crippen LogP contribution >= 0.6 is 0 Å². The molecule has 5 heteroatoms. The first kappa shape index (κ1) is 10.2. The largest absolute Gasteiger partial charge is 0.379 e. The molecular formula is C10H13N3O2. The molecule has 5 nitrogen and oxygen atoms in total. The number of rotatable bonds is 3. The molecule has 80 valence electrons. The van der Waals surface area contributed by atoms with Crippen LogP contribution in [-0.4, -0.2) is 42.1 Å². The highest BCUT2D eigenvalue weighted by atomic mass is 16.5. The Labute approximate surface area is 87.9 Å². The van der Waals surface area contributed by atoms with Crippen LogP contribution in [0.2, 0.25) is 0 Å². The van der Waals surface area contributed by atoms with Gasteiger partial charge in [-0.2, -0.15) is 0 Å². The lowest BCUT2D eigenvalue weighted by Gasteiger charge is -2.14. The van der Waals surface area contributed by atoms with Gasteiger partial charge in [0, 0.05) is 18.4 Å². The zero-order valence-electron chi connectivity index (χ0n) is 8.51.